The van der Waals surface area contributed by atoms with E-state index in [9.17, 15) is 9.59 Å². The molecule has 1 aromatic carbocycles. The summed E-state index contributed by atoms with van der Waals surface area (Å²) < 4.78 is 0. The van der Waals surface area contributed by atoms with Gasteiger partial charge < -0.3 is 16.4 Å². The summed E-state index contributed by atoms with van der Waals surface area (Å²) in [5, 5.41) is 6.02. The van der Waals surface area contributed by atoms with Gasteiger partial charge in [-0.1, -0.05) is 25.0 Å². The first-order valence-corrected chi connectivity index (χ1v) is 9.07. The number of anilines is 1. The smallest absolute Gasteiger partial charge is 0.228 e. The fourth-order valence-corrected chi connectivity index (χ4v) is 3.85. The molecule has 2 aliphatic rings. The molecule has 0 spiro atoms. The van der Waals surface area contributed by atoms with Crippen LogP contribution >= 0.6 is 0 Å². The Kier molecular flexibility index (Phi) is 5.51. The molecule has 2 unspecified atom stereocenters. The standard InChI is InChI=1S/C19H27N3O2/c20-12-14-5-1-2-6-16(14)21-18(23)7-3-4-13-8-9-17-15(10-13)11-19(24)22-17/h8-10,14,16H,1-7,11-12,20H2,(H,21,23)(H,22,24). The second-order valence-corrected chi connectivity index (χ2v) is 7.02. The molecule has 0 bridgehead atoms. The van der Waals surface area contributed by atoms with Crippen LogP contribution in [-0.4, -0.2) is 24.4 Å². The van der Waals surface area contributed by atoms with Crippen LogP contribution in [0, 0.1) is 5.92 Å². The molecule has 0 saturated heterocycles. The summed E-state index contributed by atoms with van der Waals surface area (Å²) in [5.41, 5.74) is 9.00. The van der Waals surface area contributed by atoms with Gasteiger partial charge in [0.05, 0.1) is 6.42 Å². The molecule has 24 heavy (non-hydrogen) atoms. The van der Waals surface area contributed by atoms with Crippen molar-refractivity contribution in [3.8, 4) is 0 Å². The predicted octanol–water partition coefficient (Wildman–Crippen LogP) is 2.14. The third kappa shape index (κ3) is 4.15. The minimum Gasteiger partial charge on any atom is -0.353 e. The maximum absolute atomic E-state index is 12.2. The lowest BCUT2D eigenvalue weighted by Gasteiger charge is -2.31. The molecule has 0 radical (unpaired) electrons. The highest BCUT2D eigenvalue weighted by atomic mass is 16.2. The molecule has 1 aromatic rings. The van der Waals surface area contributed by atoms with E-state index in [0.29, 0.717) is 25.3 Å². The van der Waals surface area contributed by atoms with Crippen LogP contribution in [-0.2, 0) is 22.4 Å². The first-order chi connectivity index (χ1) is 11.7. The minimum atomic E-state index is 0.0588. The third-order valence-corrected chi connectivity index (χ3v) is 5.22. The Bertz CT molecular complexity index is 615. The van der Waals surface area contributed by atoms with Gasteiger partial charge in [-0.05, 0) is 55.3 Å². The lowest BCUT2D eigenvalue weighted by Crippen LogP contribution is -2.44. The van der Waals surface area contributed by atoms with Gasteiger partial charge in [-0.2, -0.15) is 0 Å². The van der Waals surface area contributed by atoms with E-state index in [-0.39, 0.29) is 17.9 Å². The molecule has 1 heterocycles. The van der Waals surface area contributed by atoms with Crippen molar-refractivity contribution >= 4 is 17.5 Å². The van der Waals surface area contributed by atoms with Crippen LogP contribution in [0.25, 0.3) is 0 Å². The van der Waals surface area contributed by atoms with E-state index in [4.69, 9.17) is 5.73 Å². The number of hydrogen-bond acceptors (Lipinski definition) is 3. The number of benzene rings is 1. The Morgan fingerprint density at radius 3 is 2.96 bits per heavy atom. The minimum absolute atomic E-state index is 0.0588. The average Bonchev–Trinajstić information content (AvgIpc) is 2.94. The van der Waals surface area contributed by atoms with E-state index in [0.717, 1.165) is 36.9 Å². The molecule has 130 valence electrons. The summed E-state index contributed by atoms with van der Waals surface area (Å²) in [6.07, 6.45) is 7.29. The molecule has 3 rings (SSSR count). The number of rotatable bonds is 6. The third-order valence-electron chi connectivity index (χ3n) is 5.22. The number of carbonyl (C=O) groups excluding carboxylic acids is 2. The second kappa shape index (κ2) is 7.79. The van der Waals surface area contributed by atoms with Crippen LogP contribution < -0.4 is 16.4 Å². The highest BCUT2D eigenvalue weighted by molar-refractivity contribution is 5.99. The van der Waals surface area contributed by atoms with E-state index < -0.39 is 0 Å². The van der Waals surface area contributed by atoms with Gasteiger partial charge in [0.1, 0.15) is 0 Å². The predicted molar refractivity (Wildman–Crippen MR) is 94.7 cm³/mol. The maximum atomic E-state index is 12.2. The van der Waals surface area contributed by atoms with Crippen LogP contribution in [0.2, 0.25) is 0 Å². The van der Waals surface area contributed by atoms with Crippen molar-refractivity contribution < 1.29 is 9.59 Å². The van der Waals surface area contributed by atoms with Crippen LogP contribution in [0.4, 0.5) is 5.69 Å². The molecular weight excluding hydrogens is 302 g/mol. The zero-order valence-corrected chi connectivity index (χ0v) is 14.1. The van der Waals surface area contributed by atoms with Crippen molar-refractivity contribution in [1.82, 2.24) is 5.32 Å². The molecule has 5 nitrogen and oxygen atoms in total. The fourth-order valence-electron chi connectivity index (χ4n) is 3.85. The van der Waals surface area contributed by atoms with Gasteiger partial charge in [-0.3, -0.25) is 9.59 Å². The van der Waals surface area contributed by atoms with Gasteiger partial charge in [-0.15, -0.1) is 0 Å². The fraction of sp³-hybridized carbons (Fsp3) is 0.579. The molecular formula is C19H27N3O2. The lowest BCUT2D eigenvalue weighted by atomic mass is 9.84. The van der Waals surface area contributed by atoms with E-state index in [1.54, 1.807) is 0 Å². The van der Waals surface area contributed by atoms with Gasteiger partial charge in [0.15, 0.2) is 0 Å². The summed E-state index contributed by atoms with van der Waals surface area (Å²) >= 11 is 0. The molecule has 4 N–H and O–H groups in total. The van der Waals surface area contributed by atoms with Gasteiger partial charge in [0.2, 0.25) is 11.8 Å². The number of amides is 2. The highest BCUT2D eigenvalue weighted by Gasteiger charge is 2.25. The zero-order valence-electron chi connectivity index (χ0n) is 14.1. The molecule has 1 aliphatic heterocycles. The molecule has 1 fully saturated rings. The zero-order chi connectivity index (χ0) is 16.9. The van der Waals surface area contributed by atoms with E-state index >= 15 is 0 Å². The van der Waals surface area contributed by atoms with Gasteiger partial charge in [0, 0.05) is 18.2 Å². The Morgan fingerprint density at radius 2 is 2.12 bits per heavy atom. The number of carbonyl (C=O) groups is 2. The highest BCUT2D eigenvalue weighted by Crippen LogP contribution is 2.25. The molecule has 2 amide bonds. The van der Waals surface area contributed by atoms with Crippen molar-refractivity contribution in [3.63, 3.8) is 0 Å². The van der Waals surface area contributed by atoms with Crippen molar-refractivity contribution in [2.75, 3.05) is 11.9 Å². The number of hydrogen-bond donors (Lipinski definition) is 3. The van der Waals surface area contributed by atoms with Gasteiger partial charge >= 0.3 is 0 Å². The first kappa shape index (κ1) is 17.0. The summed E-state index contributed by atoms with van der Waals surface area (Å²) in [6, 6.07) is 6.34. The average molecular weight is 329 g/mol. The SMILES string of the molecule is NCC1CCCCC1NC(=O)CCCc1ccc2c(c1)CC(=O)N2. The quantitative estimate of drug-likeness (QED) is 0.747. The van der Waals surface area contributed by atoms with Crippen molar-refractivity contribution in [2.45, 2.75) is 57.4 Å². The monoisotopic (exact) mass is 329 g/mol. The Hall–Kier alpha value is -1.88. The summed E-state index contributed by atoms with van der Waals surface area (Å²) in [6.45, 7) is 0.660. The number of aryl methyl sites for hydroxylation is 1. The Labute approximate surface area is 143 Å². The second-order valence-electron chi connectivity index (χ2n) is 7.02. The van der Waals surface area contributed by atoms with E-state index in [1.807, 2.05) is 12.1 Å². The van der Waals surface area contributed by atoms with Crippen molar-refractivity contribution in [2.24, 2.45) is 11.7 Å². The Balaban J connectivity index is 1.44. The van der Waals surface area contributed by atoms with Gasteiger partial charge in [-0.25, -0.2) is 0 Å². The molecule has 2 atom stereocenters. The summed E-state index contributed by atoms with van der Waals surface area (Å²) in [4.78, 5) is 23.6. The van der Waals surface area contributed by atoms with E-state index in [2.05, 4.69) is 16.7 Å². The van der Waals surface area contributed by atoms with E-state index in [1.165, 1.54) is 18.4 Å². The molecule has 1 saturated carbocycles. The summed E-state index contributed by atoms with van der Waals surface area (Å²) in [7, 11) is 0. The summed E-state index contributed by atoms with van der Waals surface area (Å²) in [5.74, 6) is 0.631. The molecule has 5 heteroatoms. The van der Waals surface area contributed by atoms with Crippen LogP contribution in [0.1, 0.15) is 49.7 Å². The number of nitrogens with two attached hydrogens (primary N) is 1. The molecule has 0 aromatic heterocycles. The lowest BCUT2D eigenvalue weighted by molar-refractivity contribution is -0.122. The number of nitrogens with one attached hydrogen (secondary N) is 2. The van der Waals surface area contributed by atoms with Crippen LogP contribution in [0.15, 0.2) is 18.2 Å². The van der Waals surface area contributed by atoms with Crippen molar-refractivity contribution in [1.29, 1.82) is 0 Å². The number of fused-ring (bicyclic) bond motifs is 1. The van der Waals surface area contributed by atoms with Gasteiger partial charge in [0.25, 0.3) is 0 Å². The first-order valence-electron chi connectivity index (χ1n) is 9.07. The largest absolute Gasteiger partial charge is 0.353 e. The Morgan fingerprint density at radius 1 is 1.29 bits per heavy atom. The topological polar surface area (TPSA) is 84.2 Å². The molecule has 1 aliphatic carbocycles. The van der Waals surface area contributed by atoms with Crippen LogP contribution in [0.3, 0.4) is 0 Å². The maximum Gasteiger partial charge on any atom is 0.228 e. The normalized spacial score (nSPS) is 22.8. The van der Waals surface area contributed by atoms with Crippen LogP contribution in [0.5, 0.6) is 0 Å². The van der Waals surface area contributed by atoms with Crippen molar-refractivity contribution in [3.05, 3.63) is 29.3 Å².